The summed E-state index contributed by atoms with van der Waals surface area (Å²) in [5, 5.41) is 12.2. The van der Waals surface area contributed by atoms with Gasteiger partial charge in [-0.3, -0.25) is 14.6 Å². The van der Waals surface area contributed by atoms with E-state index in [9.17, 15) is 4.79 Å². The van der Waals surface area contributed by atoms with Crippen LogP contribution in [-0.2, 0) is 16.1 Å². The summed E-state index contributed by atoms with van der Waals surface area (Å²) in [5.74, 6) is 1.89. The Labute approximate surface area is 179 Å². The van der Waals surface area contributed by atoms with E-state index in [1.54, 1.807) is 6.20 Å². The van der Waals surface area contributed by atoms with Gasteiger partial charge in [-0.15, -0.1) is 0 Å². The van der Waals surface area contributed by atoms with Crippen molar-refractivity contribution in [3.8, 4) is 11.4 Å². The quantitative estimate of drug-likeness (QED) is 0.701. The van der Waals surface area contributed by atoms with Crippen molar-refractivity contribution in [1.82, 2.24) is 25.0 Å². The minimum absolute atomic E-state index is 0.00410. The molecule has 1 N–H and O–H groups in total. The highest BCUT2D eigenvalue weighted by Gasteiger charge is 2.62. The highest BCUT2D eigenvalue weighted by Crippen LogP contribution is 2.62. The number of hydrogen-bond acceptors (Lipinski definition) is 6. The lowest BCUT2D eigenvalue weighted by molar-refractivity contribution is -0.125. The molecule has 3 aromatic heterocycles. The zero-order valence-corrected chi connectivity index (χ0v) is 17.5. The first kappa shape index (κ1) is 17.7. The van der Waals surface area contributed by atoms with E-state index in [0.29, 0.717) is 26.2 Å². The molecule has 0 aromatic carbocycles. The first-order valence-electron chi connectivity index (χ1n) is 11.2. The number of aromatic nitrogens is 5. The molecule has 1 atom stereocenters. The predicted molar refractivity (Wildman–Crippen MR) is 115 cm³/mol. The van der Waals surface area contributed by atoms with Gasteiger partial charge in [0.1, 0.15) is 28.2 Å². The number of hydrogen-bond donors (Lipinski definition) is 1. The second kappa shape index (κ2) is 6.06. The molecule has 5 heterocycles. The topological polar surface area (TPSA) is 92.2 Å². The van der Waals surface area contributed by atoms with Crippen LogP contribution in [0.5, 0.6) is 0 Å². The van der Waals surface area contributed by atoms with Crippen LogP contribution in [-0.4, -0.2) is 62.2 Å². The number of carbonyl (C=O) groups is 1. The Balaban J connectivity index is 1.49. The zero-order chi connectivity index (χ0) is 20.7. The molecule has 160 valence electrons. The molecule has 1 amide bonds. The van der Waals surface area contributed by atoms with Crippen molar-refractivity contribution in [2.75, 3.05) is 29.6 Å². The minimum Gasteiger partial charge on any atom is -0.377 e. The number of amides is 1. The molecule has 0 radical (unpaired) electrons. The van der Waals surface area contributed by atoms with Crippen LogP contribution in [0.4, 0.5) is 11.5 Å². The predicted octanol–water partition coefficient (Wildman–Crippen LogP) is 2.34. The van der Waals surface area contributed by atoms with Gasteiger partial charge in [0, 0.05) is 30.8 Å². The Morgan fingerprint density at radius 1 is 1.26 bits per heavy atom. The third-order valence-corrected chi connectivity index (χ3v) is 7.58. The largest absolute Gasteiger partial charge is 0.377 e. The summed E-state index contributed by atoms with van der Waals surface area (Å²) in [6.07, 6.45) is 5.62. The van der Waals surface area contributed by atoms with Crippen LogP contribution in [0.25, 0.3) is 22.4 Å². The van der Waals surface area contributed by atoms with Crippen molar-refractivity contribution < 1.29 is 9.53 Å². The van der Waals surface area contributed by atoms with Gasteiger partial charge in [0.25, 0.3) is 0 Å². The monoisotopic (exact) mass is 419 g/mol. The molecule has 0 spiro atoms. The van der Waals surface area contributed by atoms with Gasteiger partial charge in [-0.1, -0.05) is 0 Å². The molecule has 4 fully saturated rings. The second-order valence-corrected chi connectivity index (χ2v) is 9.53. The average molecular weight is 419 g/mol. The van der Waals surface area contributed by atoms with Gasteiger partial charge in [0.2, 0.25) is 5.91 Å². The van der Waals surface area contributed by atoms with E-state index >= 15 is 0 Å². The van der Waals surface area contributed by atoms with E-state index in [-0.39, 0.29) is 17.5 Å². The molecule has 1 saturated heterocycles. The first-order chi connectivity index (χ1) is 15.1. The van der Waals surface area contributed by atoms with Gasteiger partial charge in [0.15, 0.2) is 0 Å². The van der Waals surface area contributed by atoms with Crippen molar-refractivity contribution in [2.45, 2.75) is 50.7 Å². The van der Waals surface area contributed by atoms with Crippen LogP contribution in [0.1, 0.15) is 32.6 Å². The number of morpholine rings is 1. The molecule has 3 aromatic rings. The Hall–Kier alpha value is -2.94. The van der Waals surface area contributed by atoms with E-state index in [2.05, 4.69) is 33.0 Å². The number of ether oxygens (including phenoxy) is 1. The normalized spacial score (nSPS) is 29.6. The SMILES string of the molecule is C[C@@H]1COCCN1c1cc2c3c(n1)c(-c1cc[nH]n1)nn3CCC(=O)N2C12CC(C1)C2. The maximum Gasteiger partial charge on any atom is 0.229 e. The third kappa shape index (κ3) is 2.35. The fourth-order valence-electron chi connectivity index (χ4n) is 5.94. The third-order valence-electron chi connectivity index (χ3n) is 7.58. The number of carbonyl (C=O) groups excluding carboxylic acids is 1. The standard InChI is InChI=1S/C22H25N7O2/c1-13-12-31-7-6-27(13)17-8-16-21-20(24-17)19(15-2-4-23-25-15)26-28(21)5-3-18(30)29(16)22-9-14(10-22)11-22/h2,4,8,13-14H,3,5-7,9-12H2,1H3,(H,23,25)/t13-,14?,22?/m1/s1. The molecule has 3 saturated carbocycles. The summed E-state index contributed by atoms with van der Waals surface area (Å²) in [5.41, 5.74) is 4.29. The maximum atomic E-state index is 13.4. The van der Waals surface area contributed by atoms with E-state index in [4.69, 9.17) is 14.8 Å². The molecule has 0 unspecified atom stereocenters. The van der Waals surface area contributed by atoms with Crippen molar-refractivity contribution in [3.05, 3.63) is 18.3 Å². The summed E-state index contributed by atoms with van der Waals surface area (Å²) >= 11 is 0. The summed E-state index contributed by atoms with van der Waals surface area (Å²) < 4.78 is 7.63. The smallest absolute Gasteiger partial charge is 0.229 e. The number of nitrogens with zero attached hydrogens (tertiary/aromatic N) is 6. The van der Waals surface area contributed by atoms with Gasteiger partial charge < -0.3 is 14.5 Å². The van der Waals surface area contributed by atoms with E-state index in [0.717, 1.165) is 65.7 Å². The van der Waals surface area contributed by atoms with E-state index in [1.807, 2.05) is 10.7 Å². The first-order valence-corrected chi connectivity index (χ1v) is 11.2. The molecule has 5 aliphatic rings. The number of aromatic amines is 1. The number of pyridine rings is 1. The lowest BCUT2D eigenvalue weighted by Crippen LogP contribution is -2.70. The molecule has 8 rings (SSSR count). The molecule has 9 nitrogen and oxygen atoms in total. The van der Waals surface area contributed by atoms with Crippen LogP contribution in [0.2, 0.25) is 0 Å². The molecule has 2 aliphatic heterocycles. The van der Waals surface area contributed by atoms with Gasteiger partial charge in [-0.25, -0.2) is 4.98 Å². The van der Waals surface area contributed by atoms with Crippen LogP contribution >= 0.6 is 0 Å². The molecular weight excluding hydrogens is 394 g/mol. The van der Waals surface area contributed by atoms with E-state index in [1.165, 1.54) is 0 Å². The lowest BCUT2D eigenvalue weighted by Gasteiger charge is -2.66. The highest BCUT2D eigenvalue weighted by atomic mass is 16.5. The molecule has 2 bridgehead atoms. The van der Waals surface area contributed by atoms with E-state index < -0.39 is 0 Å². The van der Waals surface area contributed by atoms with Crippen LogP contribution < -0.4 is 9.80 Å². The van der Waals surface area contributed by atoms with Crippen molar-refractivity contribution >= 4 is 28.4 Å². The number of rotatable bonds is 3. The van der Waals surface area contributed by atoms with Crippen LogP contribution in [0.15, 0.2) is 18.3 Å². The number of H-pyrrole nitrogens is 1. The average Bonchev–Trinajstić information content (AvgIpc) is 3.32. The summed E-state index contributed by atoms with van der Waals surface area (Å²) in [6.45, 7) is 4.86. The Bertz CT molecular complexity index is 1180. The second-order valence-electron chi connectivity index (χ2n) is 9.53. The molecular formula is C22H25N7O2. The minimum atomic E-state index is -0.00410. The van der Waals surface area contributed by atoms with Crippen molar-refractivity contribution in [1.29, 1.82) is 0 Å². The summed E-state index contributed by atoms with van der Waals surface area (Å²) in [4.78, 5) is 22.9. The molecule has 3 aliphatic carbocycles. The van der Waals surface area contributed by atoms with Gasteiger partial charge in [-0.05, 0) is 38.2 Å². The summed E-state index contributed by atoms with van der Waals surface area (Å²) in [6, 6.07) is 4.27. The van der Waals surface area contributed by atoms with Crippen molar-refractivity contribution in [3.63, 3.8) is 0 Å². The fourth-order valence-corrected chi connectivity index (χ4v) is 5.94. The zero-order valence-electron chi connectivity index (χ0n) is 17.5. The van der Waals surface area contributed by atoms with Gasteiger partial charge in [0.05, 0.1) is 31.5 Å². The van der Waals surface area contributed by atoms with Gasteiger partial charge in [-0.2, -0.15) is 10.2 Å². The maximum absolute atomic E-state index is 13.4. The lowest BCUT2D eigenvalue weighted by atomic mass is 9.49. The highest BCUT2D eigenvalue weighted by molar-refractivity contribution is 6.07. The van der Waals surface area contributed by atoms with Crippen LogP contribution in [0, 0.1) is 5.92 Å². The fraction of sp³-hybridized carbons (Fsp3) is 0.545. The van der Waals surface area contributed by atoms with Gasteiger partial charge >= 0.3 is 0 Å². The summed E-state index contributed by atoms with van der Waals surface area (Å²) in [7, 11) is 0. The Morgan fingerprint density at radius 3 is 2.84 bits per heavy atom. The Kier molecular flexibility index (Phi) is 3.46. The molecule has 9 heteroatoms. The van der Waals surface area contributed by atoms with Crippen molar-refractivity contribution in [2.24, 2.45) is 5.92 Å². The Morgan fingerprint density at radius 2 is 2.13 bits per heavy atom. The number of aryl methyl sites for hydroxylation is 1. The molecule has 31 heavy (non-hydrogen) atoms. The number of nitrogens with one attached hydrogen (secondary N) is 1. The van der Waals surface area contributed by atoms with Crippen LogP contribution in [0.3, 0.4) is 0 Å². The number of anilines is 2.